The van der Waals surface area contributed by atoms with Crippen LogP contribution >= 0.6 is 11.6 Å². The van der Waals surface area contributed by atoms with Crippen LogP contribution in [0.3, 0.4) is 0 Å². The zero-order valence-electron chi connectivity index (χ0n) is 11.5. The fraction of sp³-hybridized carbons (Fsp3) is 0.600. The number of nitrogens with one attached hydrogen (secondary N) is 1. The molecule has 1 aliphatic heterocycles. The Morgan fingerprint density at radius 3 is 2.95 bits per heavy atom. The van der Waals surface area contributed by atoms with Gasteiger partial charge in [-0.1, -0.05) is 24.6 Å². The van der Waals surface area contributed by atoms with Crippen molar-refractivity contribution in [2.45, 2.75) is 38.8 Å². The van der Waals surface area contributed by atoms with Gasteiger partial charge in [-0.15, -0.1) is 0 Å². The van der Waals surface area contributed by atoms with Gasteiger partial charge in [0.2, 0.25) is 0 Å². The minimum absolute atomic E-state index is 0.219. The van der Waals surface area contributed by atoms with Crippen LogP contribution in [0.2, 0.25) is 5.02 Å². The normalized spacial score (nSPS) is 19.7. The minimum Gasteiger partial charge on any atom is -0.394 e. The zero-order chi connectivity index (χ0) is 13.7. The molecule has 0 bridgehead atoms. The average Bonchev–Trinajstić information content (AvgIpc) is 2.46. The second-order valence-electron chi connectivity index (χ2n) is 5.08. The van der Waals surface area contributed by atoms with Gasteiger partial charge in [-0.25, -0.2) is 0 Å². The summed E-state index contributed by atoms with van der Waals surface area (Å²) in [6.07, 6.45) is 3.45. The largest absolute Gasteiger partial charge is 0.394 e. The highest BCUT2D eigenvalue weighted by atomic mass is 35.5. The first-order valence-electron chi connectivity index (χ1n) is 7.13. The molecule has 1 aliphatic rings. The first-order valence-corrected chi connectivity index (χ1v) is 7.50. The lowest BCUT2D eigenvalue weighted by molar-refractivity contribution is 0.240. The highest BCUT2D eigenvalue weighted by molar-refractivity contribution is 6.31. The number of nitrogens with zero attached hydrogens (tertiary/aromatic N) is 1. The van der Waals surface area contributed by atoms with Gasteiger partial charge in [0.25, 0.3) is 0 Å². The Hall–Kier alpha value is -0.770. The molecule has 0 saturated carbocycles. The molecular weight excluding hydrogens is 260 g/mol. The molecule has 1 aromatic rings. The Kier molecular flexibility index (Phi) is 5.49. The fourth-order valence-electron chi connectivity index (χ4n) is 2.65. The molecule has 2 rings (SSSR count). The maximum atomic E-state index is 9.48. The number of aliphatic hydroxyl groups excluding tert-OH is 1. The van der Waals surface area contributed by atoms with Gasteiger partial charge in [0.05, 0.1) is 12.6 Å². The van der Waals surface area contributed by atoms with Gasteiger partial charge in [0.15, 0.2) is 0 Å². The molecule has 0 amide bonds. The lowest BCUT2D eigenvalue weighted by atomic mass is 10.0. The standard InChI is InChI=1S/C15H23ClN2O/c1-2-17-10-12-6-7-13(9-15(12)16)18-8-4-3-5-14(18)11-19/h6-7,9,14,17,19H,2-5,8,10-11H2,1H3. The van der Waals surface area contributed by atoms with Crippen LogP contribution in [0.1, 0.15) is 31.7 Å². The van der Waals surface area contributed by atoms with E-state index in [1.807, 2.05) is 6.07 Å². The molecule has 3 nitrogen and oxygen atoms in total. The van der Waals surface area contributed by atoms with Crippen molar-refractivity contribution < 1.29 is 5.11 Å². The molecule has 1 unspecified atom stereocenters. The lowest BCUT2D eigenvalue weighted by Gasteiger charge is -2.36. The molecule has 1 fully saturated rings. The Morgan fingerprint density at radius 1 is 1.42 bits per heavy atom. The topological polar surface area (TPSA) is 35.5 Å². The first-order chi connectivity index (χ1) is 9.26. The molecular formula is C15H23ClN2O. The number of hydrogen-bond donors (Lipinski definition) is 2. The van der Waals surface area contributed by atoms with Crippen LogP contribution in [0.15, 0.2) is 18.2 Å². The van der Waals surface area contributed by atoms with Gasteiger partial charge < -0.3 is 15.3 Å². The smallest absolute Gasteiger partial charge is 0.0635 e. The Balaban J connectivity index is 2.13. The molecule has 0 radical (unpaired) electrons. The number of piperidine rings is 1. The highest BCUT2D eigenvalue weighted by Crippen LogP contribution is 2.28. The number of aliphatic hydroxyl groups is 1. The van der Waals surface area contributed by atoms with Crippen molar-refractivity contribution in [3.63, 3.8) is 0 Å². The predicted octanol–water partition coefficient (Wildman–Crippen LogP) is 2.80. The van der Waals surface area contributed by atoms with Crippen molar-refractivity contribution in [3.05, 3.63) is 28.8 Å². The van der Waals surface area contributed by atoms with Gasteiger partial charge in [-0.3, -0.25) is 0 Å². The lowest BCUT2D eigenvalue weighted by Crippen LogP contribution is -2.41. The van der Waals surface area contributed by atoms with Crippen molar-refractivity contribution in [1.82, 2.24) is 5.32 Å². The van der Waals surface area contributed by atoms with E-state index in [0.29, 0.717) is 0 Å². The van der Waals surface area contributed by atoms with Gasteiger partial charge >= 0.3 is 0 Å². The summed E-state index contributed by atoms with van der Waals surface area (Å²) in [5.74, 6) is 0. The van der Waals surface area contributed by atoms with Crippen LogP contribution in [-0.2, 0) is 6.54 Å². The van der Waals surface area contributed by atoms with E-state index >= 15 is 0 Å². The highest BCUT2D eigenvalue weighted by Gasteiger charge is 2.22. The third kappa shape index (κ3) is 3.62. The van der Waals surface area contributed by atoms with E-state index in [2.05, 4.69) is 29.3 Å². The SMILES string of the molecule is CCNCc1ccc(N2CCCCC2CO)cc1Cl. The van der Waals surface area contributed by atoms with Gasteiger partial charge in [0.1, 0.15) is 0 Å². The summed E-state index contributed by atoms with van der Waals surface area (Å²) in [6, 6.07) is 6.47. The van der Waals surface area contributed by atoms with Crippen molar-refractivity contribution in [3.8, 4) is 0 Å². The Bertz CT molecular complexity index is 411. The summed E-state index contributed by atoms with van der Waals surface area (Å²) in [4.78, 5) is 2.28. The molecule has 2 N–H and O–H groups in total. The molecule has 1 atom stereocenters. The molecule has 1 heterocycles. The minimum atomic E-state index is 0.219. The van der Waals surface area contributed by atoms with Crippen molar-refractivity contribution >= 4 is 17.3 Å². The summed E-state index contributed by atoms with van der Waals surface area (Å²) in [5, 5.41) is 13.6. The quantitative estimate of drug-likeness (QED) is 0.872. The molecule has 0 aliphatic carbocycles. The van der Waals surface area contributed by atoms with Crippen LogP contribution in [0.4, 0.5) is 5.69 Å². The number of halogens is 1. The van der Waals surface area contributed by atoms with E-state index in [-0.39, 0.29) is 12.6 Å². The van der Waals surface area contributed by atoms with Crippen LogP contribution in [0, 0.1) is 0 Å². The van der Waals surface area contributed by atoms with E-state index in [0.717, 1.165) is 42.3 Å². The van der Waals surface area contributed by atoms with Crippen LogP contribution < -0.4 is 10.2 Å². The first kappa shape index (κ1) is 14.6. The maximum absolute atomic E-state index is 9.48. The Morgan fingerprint density at radius 2 is 2.26 bits per heavy atom. The van der Waals surface area contributed by atoms with E-state index in [9.17, 15) is 5.11 Å². The van der Waals surface area contributed by atoms with Crippen molar-refractivity contribution in [1.29, 1.82) is 0 Å². The van der Waals surface area contributed by atoms with Gasteiger partial charge in [-0.05, 0) is 43.5 Å². The molecule has 4 heteroatoms. The van der Waals surface area contributed by atoms with Crippen LogP contribution in [-0.4, -0.2) is 30.8 Å². The van der Waals surface area contributed by atoms with Gasteiger partial charge in [-0.2, -0.15) is 0 Å². The molecule has 106 valence electrons. The van der Waals surface area contributed by atoms with Crippen molar-refractivity contribution in [2.75, 3.05) is 24.6 Å². The van der Waals surface area contributed by atoms with E-state index in [1.54, 1.807) is 0 Å². The summed E-state index contributed by atoms with van der Waals surface area (Å²) >= 11 is 6.35. The van der Waals surface area contributed by atoms with E-state index in [1.165, 1.54) is 12.8 Å². The number of hydrogen-bond acceptors (Lipinski definition) is 3. The summed E-state index contributed by atoms with van der Waals surface area (Å²) in [6.45, 7) is 5.06. The summed E-state index contributed by atoms with van der Waals surface area (Å²) < 4.78 is 0. The van der Waals surface area contributed by atoms with E-state index < -0.39 is 0 Å². The molecule has 1 saturated heterocycles. The second-order valence-corrected chi connectivity index (χ2v) is 5.49. The number of rotatable bonds is 5. The summed E-state index contributed by atoms with van der Waals surface area (Å²) in [7, 11) is 0. The van der Waals surface area contributed by atoms with Crippen molar-refractivity contribution in [2.24, 2.45) is 0 Å². The number of benzene rings is 1. The second kappa shape index (κ2) is 7.13. The predicted molar refractivity (Wildman–Crippen MR) is 80.9 cm³/mol. The average molecular weight is 283 g/mol. The summed E-state index contributed by atoms with van der Waals surface area (Å²) in [5.41, 5.74) is 2.26. The monoisotopic (exact) mass is 282 g/mol. The molecule has 19 heavy (non-hydrogen) atoms. The Labute approximate surface area is 120 Å². The fourth-order valence-corrected chi connectivity index (χ4v) is 2.89. The third-order valence-corrected chi connectivity index (χ3v) is 4.12. The maximum Gasteiger partial charge on any atom is 0.0635 e. The zero-order valence-corrected chi connectivity index (χ0v) is 12.3. The van der Waals surface area contributed by atoms with Crippen LogP contribution in [0.5, 0.6) is 0 Å². The molecule has 0 aromatic heterocycles. The van der Waals surface area contributed by atoms with Gasteiger partial charge in [0, 0.05) is 23.8 Å². The molecule has 0 spiro atoms. The van der Waals surface area contributed by atoms with Crippen LogP contribution in [0.25, 0.3) is 0 Å². The number of anilines is 1. The van der Waals surface area contributed by atoms with E-state index in [4.69, 9.17) is 11.6 Å². The molecule has 1 aromatic carbocycles. The third-order valence-electron chi connectivity index (χ3n) is 3.77.